The average Bonchev–Trinajstić information content (AvgIpc) is 2.67. The number of nitrogens with one attached hydrogen (secondary N) is 1. The van der Waals surface area contributed by atoms with Crippen molar-refractivity contribution in [2.75, 3.05) is 19.6 Å². The Morgan fingerprint density at radius 3 is 2.53 bits per heavy atom. The van der Waals surface area contributed by atoms with Crippen LogP contribution in [-0.4, -0.2) is 36.6 Å². The molecule has 84 valence electrons. The van der Waals surface area contributed by atoms with Gasteiger partial charge >= 0.3 is 0 Å². The van der Waals surface area contributed by atoms with E-state index in [9.17, 15) is 0 Å². The lowest BCUT2D eigenvalue weighted by atomic mass is 10.0. The summed E-state index contributed by atoms with van der Waals surface area (Å²) in [4.78, 5) is 2.83. The van der Waals surface area contributed by atoms with E-state index in [1.807, 2.05) is 0 Å². The summed E-state index contributed by atoms with van der Waals surface area (Å²) in [7, 11) is 0. The van der Waals surface area contributed by atoms with Crippen molar-refractivity contribution >= 4 is 0 Å². The van der Waals surface area contributed by atoms with Crippen molar-refractivity contribution in [1.82, 2.24) is 10.2 Å². The highest BCUT2D eigenvalue weighted by atomic mass is 15.3. The Morgan fingerprint density at radius 1 is 1.13 bits per heavy atom. The van der Waals surface area contributed by atoms with Crippen molar-refractivity contribution in [3.63, 3.8) is 0 Å². The number of hydrogen-bond acceptors (Lipinski definition) is 2. The molecule has 4 fully saturated rings. The molecular formula is C13H22N2. The van der Waals surface area contributed by atoms with E-state index < -0.39 is 0 Å². The number of piperazine rings is 1. The largest absolute Gasteiger partial charge is 0.314 e. The molecule has 5 atom stereocenters. The third kappa shape index (κ3) is 1.13. The van der Waals surface area contributed by atoms with Crippen LogP contribution in [0.25, 0.3) is 0 Å². The minimum atomic E-state index is 0.786. The van der Waals surface area contributed by atoms with E-state index in [2.05, 4.69) is 17.1 Å². The van der Waals surface area contributed by atoms with Gasteiger partial charge in [0.2, 0.25) is 0 Å². The van der Waals surface area contributed by atoms with E-state index in [-0.39, 0.29) is 0 Å². The van der Waals surface area contributed by atoms with E-state index in [4.69, 9.17) is 0 Å². The van der Waals surface area contributed by atoms with Crippen LogP contribution in [0.1, 0.15) is 26.2 Å². The van der Waals surface area contributed by atoms with Crippen LogP contribution < -0.4 is 5.32 Å². The molecule has 0 aromatic rings. The fourth-order valence-electron chi connectivity index (χ4n) is 5.02. The summed E-state index contributed by atoms with van der Waals surface area (Å²) in [6.45, 7) is 6.14. The molecule has 2 nitrogen and oxygen atoms in total. The lowest BCUT2D eigenvalue weighted by molar-refractivity contribution is 0.138. The van der Waals surface area contributed by atoms with Crippen LogP contribution in [-0.2, 0) is 0 Å². The summed E-state index contributed by atoms with van der Waals surface area (Å²) >= 11 is 0. The monoisotopic (exact) mass is 206 g/mol. The van der Waals surface area contributed by atoms with E-state index in [0.29, 0.717) is 0 Å². The summed E-state index contributed by atoms with van der Waals surface area (Å²) in [5.41, 5.74) is 0. The van der Waals surface area contributed by atoms with Gasteiger partial charge in [-0.15, -0.1) is 0 Å². The highest BCUT2D eigenvalue weighted by Gasteiger charge is 2.66. The van der Waals surface area contributed by atoms with Gasteiger partial charge in [0.05, 0.1) is 0 Å². The molecule has 4 rings (SSSR count). The van der Waals surface area contributed by atoms with Crippen molar-refractivity contribution in [3.05, 3.63) is 0 Å². The Hall–Kier alpha value is -0.0800. The smallest absolute Gasteiger partial charge is 0.0196 e. The minimum absolute atomic E-state index is 0.786. The maximum absolute atomic E-state index is 3.51. The van der Waals surface area contributed by atoms with Gasteiger partial charge in [-0.25, -0.2) is 0 Å². The van der Waals surface area contributed by atoms with Gasteiger partial charge in [-0.05, 0) is 49.9 Å². The van der Waals surface area contributed by atoms with Crippen LogP contribution in [0.4, 0.5) is 0 Å². The molecule has 5 unspecified atom stereocenters. The van der Waals surface area contributed by atoms with Gasteiger partial charge in [0.1, 0.15) is 0 Å². The third-order valence-electron chi connectivity index (χ3n) is 5.63. The Balaban J connectivity index is 1.52. The third-order valence-corrected chi connectivity index (χ3v) is 5.63. The molecule has 2 bridgehead atoms. The molecule has 1 aliphatic heterocycles. The second-order valence-electron chi connectivity index (χ2n) is 6.27. The molecule has 1 heterocycles. The zero-order chi connectivity index (χ0) is 9.99. The molecule has 1 N–H and O–H groups in total. The Kier molecular flexibility index (Phi) is 1.79. The minimum Gasteiger partial charge on any atom is -0.314 e. The lowest BCUT2D eigenvalue weighted by Crippen LogP contribution is -2.51. The van der Waals surface area contributed by atoms with Crippen LogP contribution in [0.15, 0.2) is 0 Å². The predicted molar refractivity (Wildman–Crippen MR) is 60.6 cm³/mol. The van der Waals surface area contributed by atoms with E-state index in [1.165, 1.54) is 19.6 Å². The quantitative estimate of drug-likeness (QED) is 0.696. The molecule has 1 saturated heterocycles. The Labute approximate surface area is 92.4 Å². The SMILES string of the molecule is CC1CNCCN1C1C2C3CCC(C3)C21. The highest BCUT2D eigenvalue weighted by molar-refractivity contribution is 5.18. The lowest BCUT2D eigenvalue weighted by Gasteiger charge is -2.35. The van der Waals surface area contributed by atoms with Crippen molar-refractivity contribution < 1.29 is 0 Å². The molecule has 0 radical (unpaired) electrons. The molecule has 0 spiro atoms. The molecule has 0 aromatic heterocycles. The van der Waals surface area contributed by atoms with Gasteiger partial charge in [-0.1, -0.05) is 0 Å². The van der Waals surface area contributed by atoms with E-state index in [1.54, 1.807) is 19.3 Å². The van der Waals surface area contributed by atoms with E-state index >= 15 is 0 Å². The number of hydrogen-bond donors (Lipinski definition) is 1. The molecule has 0 amide bonds. The zero-order valence-corrected chi connectivity index (χ0v) is 9.65. The average molecular weight is 206 g/mol. The topological polar surface area (TPSA) is 15.3 Å². The fraction of sp³-hybridized carbons (Fsp3) is 1.00. The normalized spacial score (nSPS) is 58.2. The van der Waals surface area contributed by atoms with E-state index in [0.717, 1.165) is 35.8 Å². The molecule has 15 heavy (non-hydrogen) atoms. The first kappa shape index (κ1) is 9.00. The van der Waals surface area contributed by atoms with Gasteiger partial charge in [0.15, 0.2) is 0 Å². The van der Waals surface area contributed by atoms with Crippen LogP contribution in [0, 0.1) is 23.7 Å². The first-order valence-corrected chi connectivity index (χ1v) is 6.82. The Morgan fingerprint density at radius 2 is 1.87 bits per heavy atom. The number of rotatable bonds is 1. The van der Waals surface area contributed by atoms with Crippen LogP contribution in [0.3, 0.4) is 0 Å². The first-order valence-electron chi connectivity index (χ1n) is 6.82. The van der Waals surface area contributed by atoms with Crippen molar-refractivity contribution in [2.24, 2.45) is 23.7 Å². The van der Waals surface area contributed by atoms with Crippen molar-refractivity contribution in [2.45, 2.75) is 38.3 Å². The van der Waals surface area contributed by atoms with Gasteiger partial charge in [0, 0.05) is 31.7 Å². The molecule has 0 aromatic carbocycles. The fourth-order valence-corrected chi connectivity index (χ4v) is 5.02. The summed E-state index contributed by atoms with van der Waals surface area (Å²) in [6, 6.07) is 1.79. The molecule has 2 heteroatoms. The maximum Gasteiger partial charge on any atom is 0.0196 e. The van der Waals surface area contributed by atoms with Gasteiger partial charge < -0.3 is 5.32 Å². The summed E-state index contributed by atoms with van der Waals surface area (Å²) in [5.74, 6) is 4.52. The number of fused-ring (bicyclic) bond motifs is 5. The maximum atomic E-state index is 3.51. The highest BCUT2D eigenvalue weighted by Crippen LogP contribution is 2.67. The molecule has 3 aliphatic carbocycles. The second kappa shape index (κ2) is 2.98. The van der Waals surface area contributed by atoms with Crippen LogP contribution >= 0.6 is 0 Å². The molecular weight excluding hydrogens is 184 g/mol. The predicted octanol–water partition coefficient (Wildman–Crippen LogP) is 1.32. The summed E-state index contributed by atoms with van der Waals surface area (Å²) in [6.07, 6.45) is 4.71. The van der Waals surface area contributed by atoms with Crippen LogP contribution in [0.2, 0.25) is 0 Å². The summed E-state index contributed by atoms with van der Waals surface area (Å²) in [5, 5.41) is 3.51. The molecule has 3 saturated carbocycles. The van der Waals surface area contributed by atoms with Crippen molar-refractivity contribution in [3.8, 4) is 0 Å². The van der Waals surface area contributed by atoms with Gasteiger partial charge in [-0.3, -0.25) is 4.90 Å². The summed E-state index contributed by atoms with van der Waals surface area (Å²) < 4.78 is 0. The molecule has 4 aliphatic rings. The first-order chi connectivity index (χ1) is 7.36. The van der Waals surface area contributed by atoms with Gasteiger partial charge in [0.25, 0.3) is 0 Å². The zero-order valence-electron chi connectivity index (χ0n) is 9.65. The van der Waals surface area contributed by atoms with Gasteiger partial charge in [-0.2, -0.15) is 0 Å². The second-order valence-corrected chi connectivity index (χ2v) is 6.27. The number of nitrogens with zero attached hydrogens (tertiary/aromatic N) is 1. The van der Waals surface area contributed by atoms with Crippen LogP contribution in [0.5, 0.6) is 0 Å². The standard InChI is InChI=1S/C13H22N2/c1-8-7-14-4-5-15(8)13-11-9-2-3-10(6-9)12(11)13/h8-14H,2-7H2,1H3. The Bertz CT molecular complexity index is 262. The van der Waals surface area contributed by atoms with Crippen molar-refractivity contribution in [1.29, 1.82) is 0 Å².